The van der Waals surface area contributed by atoms with E-state index in [1.807, 2.05) is 0 Å². The van der Waals surface area contributed by atoms with Crippen LogP contribution in [-0.2, 0) is 9.69 Å². The summed E-state index contributed by atoms with van der Waals surface area (Å²) in [5.74, 6) is 1.59. The third-order valence-electron chi connectivity index (χ3n) is 3.23. The Morgan fingerprint density at radius 1 is 1.27 bits per heavy atom. The predicted molar refractivity (Wildman–Crippen MR) is 57.5 cm³/mol. The summed E-state index contributed by atoms with van der Waals surface area (Å²) >= 11 is 0. The van der Waals surface area contributed by atoms with Gasteiger partial charge in [-0.1, -0.05) is 27.2 Å². The summed E-state index contributed by atoms with van der Waals surface area (Å²) in [6.45, 7) is 6.50. The lowest BCUT2D eigenvalue weighted by atomic mass is 9.75. The van der Waals surface area contributed by atoms with Crippen molar-refractivity contribution in [3.05, 3.63) is 0 Å². The molecule has 0 bridgehead atoms. The normalized spacial score (nSPS) is 32.0. The van der Waals surface area contributed by atoms with Crippen LogP contribution in [0.3, 0.4) is 0 Å². The third-order valence-corrected chi connectivity index (χ3v) is 3.23. The highest BCUT2D eigenvalue weighted by molar-refractivity contribution is 6.32. The molecule has 5 heteroatoms. The molecule has 0 amide bonds. The summed E-state index contributed by atoms with van der Waals surface area (Å²) in [5.41, 5.74) is 0. The maximum atomic E-state index is 8.58. The Labute approximate surface area is 91.7 Å². The number of hydrogen-bond acceptors (Lipinski definition) is 4. The maximum Gasteiger partial charge on any atom is 0.662 e. The molecule has 1 rings (SSSR count). The number of rotatable bonds is 4. The van der Waals surface area contributed by atoms with Crippen molar-refractivity contribution in [2.75, 3.05) is 0 Å². The highest BCUT2D eigenvalue weighted by Gasteiger charge is 2.33. The van der Waals surface area contributed by atoms with Gasteiger partial charge in [-0.05, 0) is 30.6 Å². The Morgan fingerprint density at radius 2 is 1.93 bits per heavy atom. The van der Waals surface area contributed by atoms with Gasteiger partial charge in [-0.2, -0.15) is 0 Å². The largest absolute Gasteiger partial charge is 0.662 e. The molecule has 3 unspecified atom stereocenters. The minimum absolute atomic E-state index is 0.0180. The van der Waals surface area contributed by atoms with E-state index in [-0.39, 0.29) is 6.10 Å². The van der Waals surface area contributed by atoms with Crippen molar-refractivity contribution in [1.82, 2.24) is 0 Å². The Balaban J connectivity index is 2.46. The monoisotopic (exact) mass is 216 g/mol. The van der Waals surface area contributed by atoms with Gasteiger partial charge in [0.2, 0.25) is 0 Å². The van der Waals surface area contributed by atoms with Crippen LogP contribution in [0.15, 0.2) is 0 Å². The molecule has 0 aromatic carbocycles. The van der Waals surface area contributed by atoms with E-state index in [4.69, 9.17) is 14.9 Å². The average Bonchev–Trinajstić information content (AvgIpc) is 2.14. The zero-order chi connectivity index (χ0) is 11.4. The second-order valence-electron chi connectivity index (χ2n) is 4.88. The zero-order valence-corrected chi connectivity index (χ0v) is 9.72. The van der Waals surface area contributed by atoms with E-state index in [9.17, 15) is 0 Å². The summed E-state index contributed by atoms with van der Waals surface area (Å²) in [6, 6.07) is 0. The molecular weight excluding hydrogens is 195 g/mol. The minimum atomic E-state index is -1.84. The molecule has 1 saturated carbocycles. The molecule has 3 atom stereocenters. The predicted octanol–water partition coefficient (Wildman–Crippen LogP) is 1.36. The van der Waals surface area contributed by atoms with Crippen molar-refractivity contribution >= 4 is 7.32 Å². The van der Waals surface area contributed by atoms with Gasteiger partial charge in [0, 0.05) is 0 Å². The molecular formula is C10H21BO4. The smallest absolute Gasteiger partial charge is 0.400 e. The van der Waals surface area contributed by atoms with Crippen LogP contribution >= 0.6 is 0 Å². The van der Waals surface area contributed by atoms with E-state index < -0.39 is 7.32 Å². The molecule has 0 spiro atoms. The fraction of sp³-hybridized carbons (Fsp3) is 1.00. The minimum Gasteiger partial charge on any atom is -0.400 e. The van der Waals surface area contributed by atoms with Crippen molar-refractivity contribution in [3.63, 3.8) is 0 Å². The molecule has 15 heavy (non-hydrogen) atoms. The van der Waals surface area contributed by atoms with Gasteiger partial charge in [-0.25, -0.2) is 9.69 Å². The van der Waals surface area contributed by atoms with Crippen LogP contribution in [0, 0.1) is 17.8 Å². The van der Waals surface area contributed by atoms with E-state index in [0.717, 1.165) is 12.8 Å². The van der Waals surface area contributed by atoms with Gasteiger partial charge in [0.25, 0.3) is 0 Å². The molecule has 0 aromatic rings. The van der Waals surface area contributed by atoms with E-state index in [1.54, 1.807) is 0 Å². The second kappa shape index (κ2) is 5.84. The molecule has 4 nitrogen and oxygen atoms in total. The van der Waals surface area contributed by atoms with Crippen LogP contribution in [-0.4, -0.2) is 23.5 Å². The van der Waals surface area contributed by atoms with Crippen molar-refractivity contribution in [1.29, 1.82) is 0 Å². The summed E-state index contributed by atoms with van der Waals surface area (Å²) in [7, 11) is -1.84. The van der Waals surface area contributed by atoms with Gasteiger partial charge >= 0.3 is 7.32 Å². The molecule has 0 aliphatic heterocycles. The Morgan fingerprint density at radius 3 is 2.47 bits per heavy atom. The Hall–Kier alpha value is -0.0951. The van der Waals surface area contributed by atoms with Gasteiger partial charge in [-0.15, -0.1) is 0 Å². The quantitative estimate of drug-likeness (QED) is 0.423. The number of hydrogen-bond donors (Lipinski definition) is 2. The molecule has 0 heterocycles. The van der Waals surface area contributed by atoms with E-state index in [1.165, 1.54) is 6.42 Å². The SMILES string of the molecule is CC1CCC(C(C)C)C(OOB(O)O)C1. The van der Waals surface area contributed by atoms with Gasteiger partial charge in [0.05, 0.1) is 6.10 Å². The van der Waals surface area contributed by atoms with E-state index >= 15 is 0 Å². The average molecular weight is 216 g/mol. The van der Waals surface area contributed by atoms with Crippen LogP contribution in [0.1, 0.15) is 40.0 Å². The summed E-state index contributed by atoms with van der Waals surface area (Å²) in [5, 5.41) is 17.2. The first-order chi connectivity index (χ1) is 7.00. The van der Waals surface area contributed by atoms with Crippen LogP contribution in [0.25, 0.3) is 0 Å². The van der Waals surface area contributed by atoms with E-state index in [2.05, 4.69) is 25.6 Å². The molecule has 1 aliphatic rings. The van der Waals surface area contributed by atoms with Gasteiger partial charge in [-0.3, -0.25) is 0 Å². The highest BCUT2D eigenvalue weighted by atomic mass is 17.2. The summed E-state index contributed by atoms with van der Waals surface area (Å²) in [4.78, 5) is 9.51. The van der Waals surface area contributed by atoms with Crippen molar-refractivity contribution < 1.29 is 19.7 Å². The van der Waals surface area contributed by atoms with Crippen molar-refractivity contribution in [2.45, 2.75) is 46.1 Å². The second-order valence-corrected chi connectivity index (χ2v) is 4.88. The molecule has 2 N–H and O–H groups in total. The van der Waals surface area contributed by atoms with Gasteiger partial charge in [0.1, 0.15) is 0 Å². The molecule has 1 fully saturated rings. The molecule has 0 radical (unpaired) electrons. The summed E-state index contributed by atoms with van der Waals surface area (Å²) < 4.78 is 0. The Bertz CT molecular complexity index is 186. The van der Waals surface area contributed by atoms with E-state index in [0.29, 0.717) is 17.8 Å². The molecule has 1 aliphatic carbocycles. The lowest BCUT2D eigenvalue weighted by Gasteiger charge is -2.36. The van der Waals surface area contributed by atoms with Crippen molar-refractivity contribution in [3.8, 4) is 0 Å². The van der Waals surface area contributed by atoms with Crippen molar-refractivity contribution in [2.24, 2.45) is 17.8 Å². The van der Waals surface area contributed by atoms with Gasteiger partial charge < -0.3 is 10.0 Å². The first kappa shape index (κ1) is 13.0. The van der Waals surface area contributed by atoms with Crippen LogP contribution in [0.4, 0.5) is 0 Å². The fourth-order valence-electron chi connectivity index (χ4n) is 2.35. The van der Waals surface area contributed by atoms with Gasteiger partial charge in [0.15, 0.2) is 0 Å². The standard InChI is InChI=1S/C10H21BO4/c1-7(2)9-5-4-8(3)6-10(9)14-15-11(12)13/h7-10,12-13H,4-6H2,1-3H3. The lowest BCUT2D eigenvalue weighted by molar-refractivity contribution is -0.291. The topological polar surface area (TPSA) is 58.9 Å². The van der Waals surface area contributed by atoms with Crippen LogP contribution < -0.4 is 0 Å². The zero-order valence-electron chi connectivity index (χ0n) is 9.72. The Kier molecular flexibility index (Phi) is 5.05. The molecule has 88 valence electrons. The summed E-state index contributed by atoms with van der Waals surface area (Å²) in [6.07, 6.45) is 3.24. The third kappa shape index (κ3) is 4.11. The first-order valence-corrected chi connectivity index (χ1v) is 5.69. The van der Waals surface area contributed by atoms with Crippen LogP contribution in [0.2, 0.25) is 0 Å². The molecule has 0 aromatic heterocycles. The fourth-order valence-corrected chi connectivity index (χ4v) is 2.35. The molecule has 0 saturated heterocycles. The van der Waals surface area contributed by atoms with Crippen LogP contribution in [0.5, 0.6) is 0 Å². The highest BCUT2D eigenvalue weighted by Crippen LogP contribution is 2.35. The maximum absolute atomic E-state index is 8.58. The first-order valence-electron chi connectivity index (χ1n) is 5.69. The lowest BCUT2D eigenvalue weighted by Crippen LogP contribution is -2.36.